The summed E-state index contributed by atoms with van der Waals surface area (Å²) in [5.74, 6) is 1.88. The number of nitrogens with one attached hydrogen (secondary N) is 2. The Labute approximate surface area is 121 Å². The van der Waals surface area contributed by atoms with Crippen LogP contribution < -0.4 is 10.6 Å². The van der Waals surface area contributed by atoms with E-state index >= 15 is 0 Å². The van der Waals surface area contributed by atoms with Crippen molar-refractivity contribution in [2.75, 3.05) is 11.9 Å². The summed E-state index contributed by atoms with van der Waals surface area (Å²) in [6, 6.07) is 8.51. The van der Waals surface area contributed by atoms with Gasteiger partial charge in [0.2, 0.25) is 5.91 Å². The highest BCUT2D eigenvalue weighted by Gasteiger charge is 2.56. The number of hydrogen-bond donors (Lipinski definition) is 2. The molecule has 2 fully saturated rings. The van der Waals surface area contributed by atoms with Crippen LogP contribution in [-0.4, -0.2) is 12.5 Å². The SMILES string of the molecule is CCNC(C)c1cccc(NC(=O)C2C3CCCC32)c1. The molecule has 0 saturated heterocycles. The van der Waals surface area contributed by atoms with Crippen molar-refractivity contribution in [1.82, 2.24) is 5.32 Å². The zero-order valence-electron chi connectivity index (χ0n) is 12.4. The lowest BCUT2D eigenvalue weighted by molar-refractivity contribution is -0.118. The molecule has 1 amide bonds. The summed E-state index contributed by atoms with van der Waals surface area (Å²) in [7, 11) is 0. The molecule has 3 atom stereocenters. The molecule has 2 N–H and O–H groups in total. The standard InChI is InChI=1S/C17H24N2O/c1-3-18-11(2)12-6-4-7-13(10-12)19-17(20)16-14-8-5-9-15(14)16/h4,6-7,10-11,14-16,18H,3,5,8-9H2,1-2H3,(H,19,20). The van der Waals surface area contributed by atoms with Gasteiger partial charge < -0.3 is 10.6 Å². The van der Waals surface area contributed by atoms with Crippen LogP contribution in [0.4, 0.5) is 5.69 Å². The van der Waals surface area contributed by atoms with Gasteiger partial charge in [-0.3, -0.25) is 4.79 Å². The van der Waals surface area contributed by atoms with E-state index in [0.717, 1.165) is 12.2 Å². The van der Waals surface area contributed by atoms with Crippen LogP contribution in [0.3, 0.4) is 0 Å². The zero-order chi connectivity index (χ0) is 14.1. The van der Waals surface area contributed by atoms with Crippen molar-refractivity contribution < 1.29 is 4.79 Å². The summed E-state index contributed by atoms with van der Waals surface area (Å²) in [4.78, 5) is 12.3. The fourth-order valence-corrected chi connectivity index (χ4v) is 3.75. The van der Waals surface area contributed by atoms with Gasteiger partial charge in [-0.05, 0) is 55.8 Å². The molecule has 1 aromatic carbocycles. The Morgan fingerprint density at radius 2 is 2.10 bits per heavy atom. The van der Waals surface area contributed by atoms with Crippen LogP contribution >= 0.6 is 0 Å². The molecule has 3 rings (SSSR count). The van der Waals surface area contributed by atoms with Crippen molar-refractivity contribution in [3.8, 4) is 0 Å². The third kappa shape index (κ3) is 2.59. The smallest absolute Gasteiger partial charge is 0.228 e. The Hall–Kier alpha value is -1.35. The third-order valence-electron chi connectivity index (χ3n) is 4.87. The second kappa shape index (κ2) is 5.57. The van der Waals surface area contributed by atoms with E-state index in [1.54, 1.807) is 0 Å². The number of anilines is 1. The summed E-state index contributed by atoms with van der Waals surface area (Å²) in [6.07, 6.45) is 3.81. The summed E-state index contributed by atoms with van der Waals surface area (Å²) >= 11 is 0. The van der Waals surface area contributed by atoms with Gasteiger partial charge in [-0.25, -0.2) is 0 Å². The van der Waals surface area contributed by atoms with Crippen LogP contribution in [0.2, 0.25) is 0 Å². The molecule has 0 radical (unpaired) electrons. The van der Waals surface area contributed by atoms with E-state index in [2.05, 4.69) is 36.6 Å². The van der Waals surface area contributed by atoms with Gasteiger partial charge >= 0.3 is 0 Å². The first-order valence-corrected chi connectivity index (χ1v) is 7.85. The molecule has 0 bridgehead atoms. The Bertz CT molecular complexity index is 490. The molecular formula is C17H24N2O. The summed E-state index contributed by atoms with van der Waals surface area (Å²) in [5, 5.41) is 6.50. The maximum Gasteiger partial charge on any atom is 0.228 e. The Balaban J connectivity index is 1.62. The van der Waals surface area contributed by atoms with E-state index in [1.165, 1.54) is 24.8 Å². The fourth-order valence-electron chi connectivity index (χ4n) is 3.75. The van der Waals surface area contributed by atoms with Crippen molar-refractivity contribution in [2.45, 2.75) is 39.2 Å². The molecule has 3 unspecified atom stereocenters. The predicted molar refractivity (Wildman–Crippen MR) is 81.5 cm³/mol. The topological polar surface area (TPSA) is 41.1 Å². The maximum atomic E-state index is 12.3. The van der Waals surface area contributed by atoms with E-state index in [9.17, 15) is 4.79 Å². The molecule has 0 spiro atoms. The number of amides is 1. The van der Waals surface area contributed by atoms with Crippen LogP contribution in [0.1, 0.15) is 44.7 Å². The Morgan fingerprint density at radius 3 is 2.80 bits per heavy atom. The van der Waals surface area contributed by atoms with Gasteiger partial charge in [0.25, 0.3) is 0 Å². The van der Waals surface area contributed by atoms with Crippen LogP contribution in [0.5, 0.6) is 0 Å². The molecule has 1 aromatic rings. The van der Waals surface area contributed by atoms with E-state index in [1.807, 2.05) is 12.1 Å². The van der Waals surface area contributed by atoms with Crippen molar-refractivity contribution >= 4 is 11.6 Å². The lowest BCUT2D eigenvalue weighted by Crippen LogP contribution is -2.19. The number of rotatable bonds is 5. The minimum absolute atomic E-state index is 0.230. The number of fused-ring (bicyclic) bond motifs is 1. The molecule has 108 valence electrons. The monoisotopic (exact) mass is 272 g/mol. The highest BCUT2D eigenvalue weighted by atomic mass is 16.2. The average molecular weight is 272 g/mol. The second-order valence-electron chi connectivity index (χ2n) is 6.18. The van der Waals surface area contributed by atoms with Crippen molar-refractivity contribution in [3.63, 3.8) is 0 Å². The number of carbonyl (C=O) groups is 1. The molecule has 2 aliphatic carbocycles. The first-order chi connectivity index (χ1) is 9.70. The van der Waals surface area contributed by atoms with Gasteiger partial charge in [0.05, 0.1) is 0 Å². The minimum Gasteiger partial charge on any atom is -0.326 e. The highest BCUT2D eigenvalue weighted by Crippen LogP contribution is 2.57. The molecule has 3 nitrogen and oxygen atoms in total. The number of carbonyl (C=O) groups excluding carboxylic acids is 1. The second-order valence-corrected chi connectivity index (χ2v) is 6.18. The minimum atomic E-state index is 0.230. The van der Waals surface area contributed by atoms with E-state index in [-0.39, 0.29) is 5.91 Å². The van der Waals surface area contributed by atoms with Crippen LogP contribution in [-0.2, 0) is 4.79 Å². The van der Waals surface area contributed by atoms with Gasteiger partial charge in [-0.15, -0.1) is 0 Å². The van der Waals surface area contributed by atoms with Gasteiger partial charge in [0.1, 0.15) is 0 Å². The maximum absolute atomic E-state index is 12.3. The predicted octanol–water partition coefficient (Wildman–Crippen LogP) is 3.34. The van der Waals surface area contributed by atoms with Gasteiger partial charge in [0, 0.05) is 17.6 Å². The summed E-state index contributed by atoms with van der Waals surface area (Å²) in [6.45, 7) is 5.20. The quantitative estimate of drug-likeness (QED) is 0.863. The highest BCUT2D eigenvalue weighted by molar-refractivity contribution is 5.95. The molecule has 2 aliphatic rings. The number of benzene rings is 1. The number of hydrogen-bond acceptors (Lipinski definition) is 2. The first-order valence-electron chi connectivity index (χ1n) is 7.85. The molecule has 3 heteroatoms. The molecule has 20 heavy (non-hydrogen) atoms. The van der Waals surface area contributed by atoms with Crippen molar-refractivity contribution in [3.05, 3.63) is 29.8 Å². The summed E-state index contributed by atoms with van der Waals surface area (Å²) < 4.78 is 0. The first kappa shape index (κ1) is 13.6. The van der Waals surface area contributed by atoms with Crippen molar-refractivity contribution in [2.24, 2.45) is 17.8 Å². The molecular weight excluding hydrogens is 248 g/mol. The van der Waals surface area contributed by atoms with Gasteiger partial charge in [-0.1, -0.05) is 25.5 Å². The zero-order valence-corrected chi connectivity index (χ0v) is 12.4. The van der Waals surface area contributed by atoms with E-state index in [0.29, 0.717) is 23.8 Å². The normalized spacial score (nSPS) is 28.8. The Kier molecular flexibility index (Phi) is 3.79. The lowest BCUT2D eigenvalue weighted by Gasteiger charge is -2.14. The lowest BCUT2D eigenvalue weighted by atomic mass is 10.1. The fraction of sp³-hybridized carbons (Fsp3) is 0.588. The summed E-state index contributed by atoms with van der Waals surface area (Å²) in [5.41, 5.74) is 2.16. The van der Waals surface area contributed by atoms with Gasteiger partial charge in [0.15, 0.2) is 0 Å². The van der Waals surface area contributed by atoms with E-state index < -0.39 is 0 Å². The van der Waals surface area contributed by atoms with Crippen LogP contribution in [0, 0.1) is 17.8 Å². The van der Waals surface area contributed by atoms with Gasteiger partial charge in [-0.2, -0.15) is 0 Å². The molecule has 0 aromatic heterocycles. The van der Waals surface area contributed by atoms with E-state index in [4.69, 9.17) is 0 Å². The van der Waals surface area contributed by atoms with Crippen LogP contribution in [0.15, 0.2) is 24.3 Å². The Morgan fingerprint density at radius 1 is 1.35 bits per heavy atom. The molecule has 0 aliphatic heterocycles. The average Bonchev–Trinajstić information content (AvgIpc) is 2.93. The van der Waals surface area contributed by atoms with Crippen LogP contribution in [0.25, 0.3) is 0 Å². The molecule has 0 heterocycles. The third-order valence-corrected chi connectivity index (χ3v) is 4.87. The molecule has 2 saturated carbocycles. The largest absolute Gasteiger partial charge is 0.326 e. The van der Waals surface area contributed by atoms with Crippen molar-refractivity contribution in [1.29, 1.82) is 0 Å².